The Kier molecular flexibility index (Phi) is 3.66. The predicted molar refractivity (Wildman–Crippen MR) is 93.1 cm³/mol. The molecule has 2 aromatic rings. The lowest BCUT2D eigenvalue weighted by Gasteiger charge is -2.13. The Morgan fingerprint density at radius 2 is 1.52 bits per heavy atom. The Hall–Kier alpha value is -2.13. The van der Waals surface area contributed by atoms with Crippen molar-refractivity contribution in [3.63, 3.8) is 0 Å². The maximum atomic E-state index is 5.65. The van der Waals surface area contributed by atoms with Gasteiger partial charge in [0.25, 0.3) is 0 Å². The third-order valence-corrected chi connectivity index (χ3v) is 4.81. The van der Waals surface area contributed by atoms with Crippen LogP contribution >= 0.6 is 0 Å². The topological polar surface area (TPSA) is 24.8 Å². The second-order valence-corrected chi connectivity index (χ2v) is 6.70. The predicted octanol–water partition coefficient (Wildman–Crippen LogP) is 3.60. The van der Waals surface area contributed by atoms with Gasteiger partial charge in [-0.05, 0) is 43.5 Å². The van der Waals surface area contributed by atoms with E-state index in [1.165, 1.54) is 28.7 Å². The first-order valence-electron chi connectivity index (χ1n) is 8.29. The van der Waals surface area contributed by atoms with Gasteiger partial charge < -0.3 is 9.74 Å². The summed E-state index contributed by atoms with van der Waals surface area (Å²) in [7, 11) is 4.08. The van der Waals surface area contributed by atoms with Crippen molar-refractivity contribution in [1.82, 2.24) is 4.90 Å². The standard InChI is InChI=1S/C20H22N2O/c1-22(2)11-12-23-21-20-16-9-5-3-7-14(16)18-13-19(18)15-8-4-6-10-17(15)20/h3-10,18-19H,11-13H2,1-2H3. The van der Waals surface area contributed by atoms with E-state index in [1.807, 2.05) is 14.1 Å². The van der Waals surface area contributed by atoms with Crippen molar-refractivity contribution in [3.05, 3.63) is 70.8 Å². The van der Waals surface area contributed by atoms with Gasteiger partial charge in [0.05, 0.1) is 0 Å². The second-order valence-electron chi connectivity index (χ2n) is 6.70. The summed E-state index contributed by atoms with van der Waals surface area (Å²) in [4.78, 5) is 7.75. The molecule has 1 saturated carbocycles. The van der Waals surface area contributed by atoms with Crippen LogP contribution < -0.4 is 0 Å². The minimum atomic E-state index is 0.605. The smallest absolute Gasteiger partial charge is 0.129 e. The van der Waals surface area contributed by atoms with Crippen molar-refractivity contribution < 1.29 is 4.84 Å². The van der Waals surface area contributed by atoms with Crippen LogP contribution in [0.2, 0.25) is 0 Å². The minimum absolute atomic E-state index is 0.605. The lowest BCUT2D eigenvalue weighted by molar-refractivity contribution is 0.126. The molecule has 4 rings (SSSR count). The van der Waals surface area contributed by atoms with Gasteiger partial charge in [0.15, 0.2) is 0 Å². The Bertz CT molecular complexity index is 697. The Morgan fingerprint density at radius 1 is 0.957 bits per heavy atom. The van der Waals surface area contributed by atoms with Gasteiger partial charge in [0.1, 0.15) is 12.3 Å². The number of fused-ring (bicyclic) bond motifs is 5. The van der Waals surface area contributed by atoms with Crippen LogP contribution in [0.5, 0.6) is 0 Å². The third kappa shape index (κ3) is 2.66. The van der Waals surface area contributed by atoms with Gasteiger partial charge in [-0.3, -0.25) is 0 Å². The van der Waals surface area contributed by atoms with Crippen LogP contribution in [0.3, 0.4) is 0 Å². The Morgan fingerprint density at radius 3 is 2.09 bits per heavy atom. The number of oxime groups is 1. The van der Waals surface area contributed by atoms with Crippen LogP contribution in [-0.4, -0.2) is 37.9 Å². The van der Waals surface area contributed by atoms with Gasteiger partial charge in [-0.2, -0.15) is 0 Å². The first kappa shape index (κ1) is 14.5. The normalized spacial score (nSPS) is 21.1. The second kappa shape index (κ2) is 5.82. The van der Waals surface area contributed by atoms with Crippen molar-refractivity contribution in [2.45, 2.75) is 18.3 Å². The summed E-state index contributed by atoms with van der Waals surface area (Å²) < 4.78 is 0. The van der Waals surface area contributed by atoms with Gasteiger partial charge in [0, 0.05) is 17.7 Å². The average molecular weight is 306 g/mol. The largest absolute Gasteiger partial charge is 0.394 e. The summed E-state index contributed by atoms with van der Waals surface area (Å²) in [6, 6.07) is 17.3. The zero-order chi connectivity index (χ0) is 15.8. The molecule has 3 heteroatoms. The number of likely N-dealkylation sites (N-methyl/N-ethyl adjacent to an activating group) is 1. The van der Waals surface area contributed by atoms with Crippen molar-refractivity contribution >= 4 is 5.71 Å². The molecular weight excluding hydrogens is 284 g/mol. The summed E-state index contributed by atoms with van der Waals surface area (Å²) >= 11 is 0. The lowest BCUT2D eigenvalue weighted by Crippen LogP contribution is -2.17. The first-order chi connectivity index (χ1) is 11.3. The van der Waals surface area contributed by atoms with E-state index in [-0.39, 0.29) is 0 Å². The fraction of sp³-hybridized carbons (Fsp3) is 0.350. The zero-order valence-electron chi connectivity index (χ0n) is 13.7. The van der Waals surface area contributed by atoms with E-state index < -0.39 is 0 Å². The maximum absolute atomic E-state index is 5.65. The van der Waals surface area contributed by atoms with E-state index >= 15 is 0 Å². The molecule has 2 unspecified atom stereocenters. The molecule has 2 atom stereocenters. The van der Waals surface area contributed by atoms with Crippen molar-refractivity contribution in [3.8, 4) is 0 Å². The van der Waals surface area contributed by atoms with E-state index in [4.69, 9.17) is 4.84 Å². The summed E-state index contributed by atoms with van der Waals surface area (Å²) in [5.74, 6) is 1.28. The summed E-state index contributed by atoms with van der Waals surface area (Å²) in [5.41, 5.74) is 6.29. The fourth-order valence-corrected chi connectivity index (χ4v) is 3.53. The molecular formula is C20H22N2O. The number of benzene rings is 2. The van der Waals surface area contributed by atoms with E-state index in [9.17, 15) is 0 Å². The zero-order valence-corrected chi connectivity index (χ0v) is 13.7. The molecule has 0 aliphatic heterocycles. The molecule has 118 valence electrons. The fourth-order valence-electron chi connectivity index (χ4n) is 3.53. The molecule has 0 N–H and O–H groups in total. The molecule has 2 aliphatic carbocycles. The molecule has 23 heavy (non-hydrogen) atoms. The van der Waals surface area contributed by atoms with Crippen LogP contribution in [0.1, 0.15) is 40.5 Å². The molecule has 2 aromatic carbocycles. The molecule has 0 saturated heterocycles. The van der Waals surface area contributed by atoms with Gasteiger partial charge in [-0.15, -0.1) is 0 Å². The molecule has 0 amide bonds. The van der Waals surface area contributed by atoms with Gasteiger partial charge in [0.2, 0.25) is 0 Å². The Labute approximate surface area is 137 Å². The van der Waals surface area contributed by atoms with E-state index in [0.29, 0.717) is 18.4 Å². The molecule has 0 bridgehead atoms. The highest BCUT2D eigenvalue weighted by atomic mass is 16.6. The van der Waals surface area contributed by atoms with Gasteiger partial charge in [-0.1, -0.05) is 53.7 Å². The lowest BCUT2D eigenvalue weighted by atomic mass is 9.95. The van der Waals surface area contributed by atoms with Gasteiger partial charge >= 0.3 is 0 Å². The van der Waals surface area contributed by atoms with Crippen molar-refractivity contribution in [2.75, 3.05) is 27.2 Å². The van der Waals surface area contributed by atoms with E-state index in [0.717, 1.165) is 12.3 Å². The molecule has 2 aliphatic rings. The van der Waals surface area contributed by atoms with Crippen LogP contribution in [0.25, 0.3) is 0 Å². The number of hydrogen-bond acceptors (Lipinski definition) is 3. The SMILES string of the molecule is CN(C)CCON=C1c2ccccc2C2CC2c2ccccc21. The molecule has 1 fully saturated rings. The minimum Gasteiger partial charge on any atom is -0.394 e. The van der Waals surface area contributed by atoms with Crippen LogP contribution in [-0.2, 0) is 4.84 Å². The summed E-state index contributed by atoms with van der Waals surface area (Å²) in [6.45, 7) is 1.47. The summed E-state index contributed by atoms with van der Waals surface area (Å²) in [5, 5.41) is 4.54. The van der Waals surface area contributed by atoms with Crippen molar-refractivity contribution in [2.24, 2.45) is 5.16 Å². The van der Waals surface area contributed by atoms with Crippen LogP contribution in [0.15, 0.2) is 53.7 Å². The highest BCUT2D eigenvalue weighted by Crippen LogP contribution is 2.58. The molecule has 0 radical (unpaired) electrons. The van der Waals surface area contributed by atoms with Crippen molar-refractivity contribution in [1.29, 1.82) is 0 Å². The maximum Gasteiger partial charge on any atom is 0.129 e. The highest BCUT2D eigenvalue weighted by Gasteiger charge is 2.44. The summed E-state index contributed by atoms with van der Waals surface area (Å²) in [6.07, 6.45) is 1.25. The van der Waals surface area contributed by atoms with E-state index in [2.05, 4.69) is 58.6 Å². The highest BCUT2D eigenvalue weighted by molar-refractivity contribution is 6.15. The number of hydrogen-bond donors (Lipinski definition) is 0. The molecule has 3 nitrogen and oxygen atoms in total. The van der Waals surface area contributed by atoms with E-state index in [1.54, 1.807) is 0 Å². The van der Waals surface area contributed by atoms with Crippen LogP contribution in [0.4, 0.5) is 0 Å². The quantitative estimate of drug-likeness (QED) is 0.637. The first-order valence-corrected chi connectivity index (χ1v) is 8.29. The van der Waals surface area contributed by atoms with Crippen LogP contribution in [0, 0.1) is 0 Å². The third-order valence-electron chi connectivity index (χ3n) is 4.81. The Balaban J connectivity index is 1.75. The molecule has 0 spiro atoms. The number of nitrogens with zero attached hydrogens (tertiary/aromatic N) is 2. The molecule has 0 aromatic heterocycles. The molecule has 0 heterocycles. The monoisotopic (exact) mass is 306 g/mol. The average Bonchev–Trinajstić information content (AvgIpc) is 3.35. The number of rotatable bonds is 4. The van der Waals surface area contributed by atoms with Gasteiger partial charge in [-0.25, -0.2) is 0 Å².